The Morgan fingerprint density at radius 1 is 1.35 bits per heavy atom. The predicted octanol–water partition coefficient (Wildman–Crippen LogP) is 1.47. The quantitative estimate of drug-likeness (QED) is 0.788. The van der Waals surface area contributed by atoms with Crippen LogP contribution in [0.15, 0.2) is 22.7 Å². The molecule has 0 aromatic heterocycles. The van der Waals surface area contributed by atoms with Crippen LogP contribution in [0.5, 0.6) is 0 Å². The number of carbonyl (C=O) groups excluding carboxylic acids is 1. The average molecular weight is 305 g/mol. The molecule has 0 atom stereocenters. The van der Waals surface area contributed by atoms with Crippen LogP contribution in [-0.2, 0) is 11.3 Å². The van der Waals surface area contributed by atoms with Crippen LogP contribution in [0.25, 0.3) is 0 Å². The Labute approximate surface area is 105 Å². The Balaban J connectivity index is 2.47. The van der Waals surface area contributed by atoms with Gasteiger partial charge >= 0.3 is 12.0 Å². The van der Waals surface area contributed by atoms with Gasteiger partial charge in [-0.3, -0.25) is 4.79 Å². The van der Waals surface area contributed by atoms with Crippen molar-refractivity contribution in [1.29, 1.82) is 0 Å². The van der Waals surface area contributed by atoms with Crippen LogP contribution in [0.4, 0.5) is 9.18 Å². The number of amides is 2. The lowest BCUT2D eigenvalue weighted by molar-refractivity contribution is -0.135. The molecule has 0 heterocycles. The number of carboxylic acid groups (broad SMARTS) is 1. The van der Waals surface area contributed by atoms with E-state index in [-0.39, 0.29) is 6.54 Å². The molecular formula is C10H10BrFN2O3. The molecule has 0 aliphatic carbocycles. The van der Waals surface area contributed by atoms with Crippen molar-refractivity contribution in [2.45, 2.75) is 6.54 Å². The summed E-state index contributed by atoms with van der Waals surface area (Å²) in [5.74, 6) is -1.54. The van der Waals surface area contributed by atoms with E-state index < -0.39 is 24.4 Å². The fourth-order valence-electron chi connectivity index (χ4n) is 1.07. The van der Waals surface area contributed by atoms with Gasteiger partial charge in [0.1, 0.15) is 12.4 Å². The molecule has 3 N–H and O–H groups in total. The zero-order valence-corrected chi connectivity index (χ0v) is 10.3. The van der Waals surface area contributed by atoms with Crippen molar-refractivity contribution in [1.82, 2.24) is 10.6 Å². The molecule has 92 valence electrons. The SMILES string of the molecule is O=C(O)CNC(=O)NCc1cc(F)ccc1Br. The van der Waals surface area contributed by atoms with Crippen molar-refractivity contribution in [3.63, 3.8) is 0 Å². The highest BCUT2D eigenvalue weighted by molar-refractivity contribution is 9.10. The van der Waals surface area contributed by atoms with Gasteiger partial charge in [0.15, 0.2) is 0 Å². The third kappa shape index (κ3) is 4.81. The molecule has 0 bridgehead atoms. The molecule has 0 saturated heterocycles. The normalized spacial score (nSPS) is 9.76. The molecular weight excluding hydrogens is 295 g/mol. The van der Waals surface area contributed by atoms with Gasteiger partial charge in [-0.2, -0.15) is 0 Å². The smallest absolute Gasteiger partial charge is 0.323 e. The number of hydrogen-bond donors (Lipinski definition) is 3. The van der Waals surface area contributed by atoms with Crippen molar-refractivity contribution in [2.24, 2.45) is 0 Å². The minimum absolute atomic E-state index is 0.101. The lowest BCUT2D eigenvalue weighted by Crippen LogP contribution is -2.38. The van der Waals surface area contributed by atoms with Gasteiger partial charge in [-0.25, -0.2) is 9.18 Å². The molecule has 0 fully saturated rings. The number of rotatable bonds is 4. The lowest BCUT2D eigenvalue weighted by atomic mass is 10.2. The molecule has 1 aromatic carbocycles. The molecule has 1 rings (SSSR count). The number of benzene rings is 1. The minimum atomic E-state index is -1.13. The topological polar surface area (TPSA) is 78.4 Å². The predicted molar refractivity (Wildman–Crippen MR) is 62.0 cm³/mol. The summed E-state index contributed by atoms with van der Waals surface area (Å²) in [4.78, 5) is 21.3. The number of aliphatic carboxylic acids is 1. The fourth-order valence-corrected chi connectivity index (χ4v) is 1.46. The van der Waals surface area contributed by atoms with Crippen LogP contribution < -0.4 is 10.6 Å². The maximum absolute atomic E-state index is 12.9. The molecule has 2 amide bonds. The monoisotopic (exact) mass is 304 g/mol. The summed E-state index contributed by atoms with van der Waals surface area (Å²) in [7, 11) is 0. The highest BCUT2D eigenvalue weighted by atomic mass is 79.9. The molecule has 0 aliphatic heterocycles. The van der Waals surface area contributed by atoms with Gasteiger partial charge in [0, 0.05) is 11.0 Å². The highest BCUT2D eigenvalue weighted by Crippen LogP contribution is 2.17. The summed E-state index contributed by atoms with van der Waals surface area (Å²) < 4.78 is 13.6. The van der Waals surface area contributed by atoms with E-state index in [9.17, 15) is 14.0 Å². The minimum Gasteiger partial charge on any atom is -0.480 e. The van der Waals surface area contributed by atoms with Gasteiger partial charge in [-0.05, 0) is 23.8 Å². The maximum Gasteiger partial charge on any atom is 0.323 e. The molecule has 17 heavy (non-hydrogen) atoms. The van der Waals surface area contributed by atoms with Crippen LogP contribution in [0, 0.1) is 5.82 Å². The van der Waals surface area contributed by atoms with Crippen LogP contribution in [-0.4, -0.2) is 23.7 Å². The van der Waals surface area contributed by atoms with Gasteiger partial charge in [0.2, 0.25) is 0 Å². The Kier molecular flexibility index (Phi) is 4.89. The average Bonchev–Trinajstić information content (AvgIpc) is 2.27. The Hall–Kier alpha value is -1.63. The first-order chi connectivity index (χ1) is 7.99. The largest absolute Gasteiger partial charge is 0.480 e. The Morgan fingerprint density at radius 3 is 2.71 bits per heavy atom. The molecule has 7 heteroatoms. The number of halogens is 2. The van der Waals surface area contributed by atoms with Gasteiger partial charge in [0.25, 0.3) is 0 Å². The standard InChI is InChI=1S/C10H10BrFN2O3/c11-8-2-1-7(12)3-6(8)4-13-10(17)14-5-9(15)16/h1-3H,4-5H2,(H,15,16)(H2,13,14,17). The Morgan fingerprint density at radius 2 is 2.06 bits per heavy atom. The molecule has 0 unspecified atom stereocenters. The Bertz CT molecular complexity index is 440. The van der Waals surface area contributed by atoms with E-state index in [0.717, 1.165) is 0 Å². The van der Waals surface area contributed by atoms with Gasteiger partial charge in [0.05, 0.1) is 0 Å². The summed E-state index contributed by atoms with van der Waals surface area (Å²) in [5.41, 5.74) is 0.565. The first-order valence-electron chi connectivity index (χ1n) is 4.66. The van der Waals surface area contributed by atoms with E-state index in [1.54, 1.807) is 0 Å². The van der Waals surface area contributed by atoms with Crippen molar-refractivity contribution in [2.75, 3.05) is 6.54 Å². The van der Waals surface area contributed by atoms with Crippen molar-refractivity contribution in [3.05, 3.63) is 34.1 Å². The van der Waals surface area contributed by atoms with Crippen molar-refractivity contribution in [3.8, 4) is 0 Å². The number of nitrogens with one attached hydrogen (secondary N) is 2. The second-order valence-electron chi connectivity index (χ2n) is 3.17. The lowest BCUT2D eigenvalue weighted by Gasteiger charge is -2.07. The third-order valence-electron chi connectivity index (χ3n) is 1.85. The van der Waals surface area contributed by atoms with Crippen molar-refractivity contribution < 1.29 is 19.1 Å². The van der Waals surface area contributed by atoms with Crippen LogP contribution in [0.3, 0.4) is 0 Å². The number of carboxylic acids is 1. The van der Waals surface area contributed by atoms with E-state index in [2.05, 4.69) is 26.6 Å². The van der Waals surface area contributed by atoms with E-state index in [1.165, 1.54) is 18.2 Å². The fraction of sp³-hybridized carbons (Fsp3) is 0.200. The van der Waals surface area contributed by atoms with Crippen LogP contribution >= 0.6 is 15.9 Å². The van der Waals surface area contributed by atoms with Gasteiger partial charge in [-0.15, -0.1) is 0 Å². The first kappa shape index (κ1) is 13.4. The molecule has 5 nitrogen and oxygen atoms in total. The summed E-state index contributed by atoms with van der Waals surface area (Å²) in [5, 5.41) is 12.9. The molecule has 0 radical (unpaired) electrons. The second-order valence-corrected chi connectivity index (χ2v) is 4.02. The maximum atomic E-state index is 12.9. The van der Waals surface area contributed by atoms with E-state index in [0.29, 0.717) is 10.0 Å². The molecule has 0 spiro atoms. The van der Waals surface area contributed by atoms with Crippen LogP contribution in [0.2, 0.25) is 0 Å². The molecule has 0 saturated carbocycles. The summed E-state index contributed by atoms with van der Waals surface area (Å²) in [6.07, 6.45) is 0. The number of urea groups is 1. The van der Waals surface area contributed by atoms with Crippen LogP contribution in [0.1, 0.15) is 5.56 Å². The first-order valence-corrected chi connectivity index (χ1v) is 5.46. The second kappa shape index (κ2) is 6.19. The number of hydrogen-bond acceptors (Lipinski definition) is 2. The van der Waals surface area contributed by atoms with Gasteiger partial charge < -0.3 is 15.7 Å². The van der Waals surface area contributed by atoms with Crippen molar-refractivity contribution >= 4 is 27.9 Å². The van der Waals surface area contributed by atoms with Gasteiger partial charge in [-0.1, -0.05) is 15.9 Å². The summed E-state index contributed by atoms with van der Waals surface area (Å²) >= 11 is 3.21. The zero-order valence-electron chi connectivity index (χ0n) is 8.67. The van der Waals surface area contributed by atoms with E-state index in [1.807, 2.05) is 0 Å². The van der Waals surface area contributed by atoms with E-state index in [4.69, 9.17) is 5.11 Å². The molecule has 0 aliphatic rings. The summed E-state index contributed by atoms with van der Waals surface area (Å²) in [6, 6.07) is 3.48. The molecule has 1 aromatic rings. The third-order valence-corrected chi connectivity index (χ3v) is 2.62. The summed E-state index contributed by atoms with van der Waals surface area (Å²) in [6.45, 7) is -0.361. The van der Waals surface area contributed by atoms with E-state index >= 15 is 0 Å². The zero-order chi connectivity index (χ0) is 12.8. The number of carbonyl (C=O) groups is 2. The highest BCUT2D eigenvalue weighted by Gasteiger charge is 2.05.